The third-order valence-electron chi connectivity index (χ3n) is 5.41. The van der Waals surface area contributed by atoms with Gasteiger partial charge in [0, 0.05) is 6.61 Å². The maximum atomic E-state index is 13.7. The first-order valence-electron chi connectivity index (χ1n) is 10.8. The number of ether oxygens (including phenoxy) is 2. The number of hydrogen-bond acceptors (Lipinski definition) is 6. The Bertz CT molecular complexity index is 1590. The molecule has 0 aliphatic heterocycles. The molecule has 2 aromatic carbocycles. The van der Waals surface area contributed by atoms with Crippen molar-refractivity contribution in [2.24, 2.45) is 0 Å². The minimum atomic E-state index is -0.433. The molecule has 0 radical (unpaired) electrons. The lowest BCUT2D eigenvalue weighted by Gasteiger charge is -2.07. The molecule has 9 heteroatoms. The fourth-order valence-corrected chi connectivity index (χ4v) is 3.88. The Morgan fingerprint density at radius 2 is 1.94 bits per heavy atom. The summed E-state index contributed by atoms with van der Waals surface area (Å²) in [5.41, 5.74) is 2.78. The van der Waals surface area contributed by atoms with Gasteiger partial charge >= 0.3 is 5.56 Å². The summed E-state index contributed by atoms with van der Waals surface area (Å²) in [5, 5.41) is 2.89. The van der Waals surface area contributed by atoms with E-state index >= 15 is 0 Å². The second-order valence-corrected chi connectivity index (χ2v) is 7.59. The number of para-hydroxylation sites is 1. The van der Waals surface area contributed by atoms with Gasteiger partial charge in [0.2, 0.25) is 5.89 Å². The summed E-state index contributed by atoms with van der Waals surface area (Å²) in [6.07, 6.45) is 0.817. The maximum absolute atomic E-state index is 13.7. The number of nitrogens with zero attached hydrogens (tertiary/aromatic N) is 4. The van der Waals surface area contributed by atoms with Crippen LogP contribution in [0.15, 0.2) is 57.7 Å². The van der Waals surface area contributed by atoms with Gasteiger partial charge in [0.1, 0.15) is 11.3 Å². The molecule has 0 atom stereocenters. The van der Waals surface area contributed by atoms with Crippen LogP contribution in [0.1, 0.15) is 19.0 Å². The van der Waals surface area contributed by atoms with Gasteiger partial charge in [-0.15, -0.1) is 4.52 Å². The summed E-state index contributed by atoms with van der Waals surface area (Å²) in [7, 11) is 1.55. The van der Waals surface area contributed by atoms with Crippen LogP contribution in [0, 0.1) is 6.57 Å². The van der Waals surface area contributed by atoms with Crippen LogP contribution in [-0.4, -0.2) is 33.3 Å². The third kappa shape index (κ3) is 3.50. The number of rotatable bonds is 7. The highest BCUT2D eigenvalue weighted by atomic mass is 16.5. The van der Waals surface area contributed by atoms with Gasteiger partial charge in [0.05, 0.1) is 25.0 Å². The quantitative estimate of drug-likeness (QED) is 0.274. The monoisotopic (exact) mass is 455 g/mol. The molecule has 0 aliphatic rings. The number of fused-ring (bicyclic) bond motifs is 2. The van der Waals surface area contributed by atoms with Crippen molar-refractivity contribution in [2.45, 2.75) is 20.0 Å². The van der Waals surface area contributed by atoms with Crippen molar-refractivity contribution in [1.82, 2.24) is 19.6 Å². The maximum Gasteiger partial charge on any atom is 0.301 e. The lowest BCUT2D eigenvalue weighted by atomic mass is 10.1. The van der Waals surface area contributed by atoms with Crippen LogP contribution in [0.25, 0.3) is 44.2 Å². The topological polar surface area (TPSA) is 99.0 Å². The molecule has 0 saturated carbocycles. The van der Waals surface area contributed by atoms with Gasteiger partial charge in [-0.3, -0.25) is 4.79 Å². The van der Waals surface area contributed by atoms with E-state index in [9.17, 15) is 4.79 Å². The average Bonchev–Trinajstić information content (AvgIpc) is 3.46. The fourth-order valence-electron chi connectivity index (χ4n) is 3.88. The van der Waals surface area contributed by atoms with E-state index in [1.165, 1.54) is 4.52 Å². The molecule has 9 nitrogen and oxygen atoms in total. The molecule has 3 heterocycles. The average molecular weight is 455 g/mol. The van der Waals surface area contributed by atoms with Crippen LogP contribution >= 0.6 is 0 Å². The van der Waals surface area contributed by atoms with Gasteiger partial charge in [0.25, 0.3) is 5.82 Å². The molecule has 34 heavy (non-hydrogen) atoms. The lowest BCUT2D eigenvalue weighted by molar-refractivity contribution is 0.119. The molecule has 0 aliphatic carbocycles. The standard InChI is InChI=1S/C25H21N5O4/c1-4-13-33-14-16-20(24-28-21-17(32-3)11-8-12-18(21)34-24)25(31)30-23(27-16)19(22(26-2)29-30)15-9-6-5-7-10-15/h5-12,29H,4,13-14H2,1,3H3. The van der Waals surface area contributed by atoms with Gasteiger partial charge < -0.3 is 18.7 Å². The fraction of sp³-hybridized carbons (Fsp3) is 0.200. The molecule has 3 aromatic heterocycles. The van der Waals surface area contributed by atoms with Gasteiger partial charge in [-0.25, -0.2) is 15.1 Å². The number of methoxy groups -OCH3 is 1. The van der Waals surface area contributed by atoms with Crippen LogP contribution in [0.2, 0.25) is 0 Å². The Kier molecular flexibility index (Phi) is 5.57. The van der Waals surface area contributed by atoms with Crippen LogP contribution in [0.5, 0.6) is 5.75 Å². The Morgan fingerprint density at radius 3 is 2.68 bits per heavy atom. The number of aromatic amines is 1. The molecule has 0 unspecified atom stereocenters. The number of aromatic nitrogens is 4. The van der Waals surface area contributed by atoms with Crippen LogP contribution in [-0.2, 0) is 11.3 Å². The van der Waals surface area contributed by atoms with E-state index in [0.717, 1.165) is 12.0 Å². The van der Waals surface area contributed by atoms with Gasteiger partial charge in [-0.2, -0.15) is 0 Å². The van der Waals surface area contributed by atoms with Gasteiger partial charge in [-0.1, -0.05) is 49.9 Å². The Hall–Kier alpha value is -4.42. The molecule has 0 bridgehead atoms. The summed E-state index contributed by atoms with van der Waals surface area (Å²) < 4.78 is 18.4. The van der Waals surface area contributed by atoms with Crippen molar-refractivity contribution in [2.75, 3.05) is 13.7 Å². The summed E-state index contributed by atoms with van der Waals surface area (Å²) >= 11 is 0. The second-order valence-electron chi connectivity index (χ2n) is 7.59. The highest BCUT2D eigenvalue weighted by Crippen LogP contribution is 2.34. The van der Waals surface area contributed by atoms with E-state index in [1.807, 2.05) is 37.3 Å². The zero-order chi connectivity index (χ0) is 23.7. The number of hydrogen-bond donors (Lipinski definition) is 1. The van der Waals surface area contributed by atoms with Crippen LogP contribution in [0.4, 0.5) is 5.82 Å². The Morgan fingerprint density at radius 1 is 1.12 bits per heavy atom. The minimum absolute atomic E-state index is 0.0948. The molecule has 5 rings (SSSR count). The van der Waals surface area contributed by atoms with Crippen molar-refractivity contribution in [1.29, 1.82) is 0 Å². The van der Waals surface area contributed by atoms with E-state index < -0.39 is 5.56 Å². The van der Waals surface area contributed by atoms with Gasteiger partial charge in [-0.05, 0) is 24.1 Å². The predicted octanol–water partition coefficient (Wildman–Crippen LogP) is 4.98. The summed E-state index contributed by atoms with van der Waals surface area (Å²) in [5.74, 6) is 0.862. The SMILES string of the molecule is [C-]#[N+]c1[nH]n2c(=O)c(-c3nc4c(OC)cccc4o3)c(COCCC)nc2c1-c1ccccc1. The number of oxazole rings is 1. The van der Waals surface area contributed by atoms with Crippen molar-refractivity contribution in [3.05, 3.63) is 76.0 Å². The minimum Gasteiger partial charge on any atom is -0.494 e. The van der Waals surface area contributed by atoms with E-state index in [1.54, 1.807) is 25.3 Å². The van der Waals surface area contributed by atoms with Crippen molar-refractivity contribution in [3.63, 3.8) is 0 Å². The molecule has 1 N–H and O–H groups in total. The van der Waals surface area contributed by atoms with Crippen molar-refractivity contribution in [3.8, 4) is 28.3 Å². The zero-order valence-corrected chi connectivity index (χ0v) is 18.7. The first-order valence-corrected chi connectivity index (χ1v) is 10.8. The molecule has 170 valence electrons. The highest BCUT2D eigenvalue weighted by Gasteiger charge is 2.26. The Labute approximate surface area is 194 Å². The molecule has 0 spiro atoms. The van der Waals surface area contributed by atoms with E-state index in [2.05, 4.69) is 14.9 Å². The molecular formula is C25H21N5O4. The van der Waals surface area contributed by atoms with Crippen molar-refractivity contribution < 1.29 is 13.9 Å². The van der Waals surface area contributed by atoms with E-state index in [4.69, 9.17) is 25.4 Å². The normalized spacial score (nSPS) is 11.2. The van der Waals surface area contributed by atoms with Crippen LogP contribution in [0.3, 0.4) is 0 Å². The van der Waals surface area contributed by atoms with Gasteiger partial charge in [0.15, 0.2) is 16.7 Å². The second kappa shape index (κ2) is 8.84. The van der Waals surface area contributed by atoms with Crippen molar-refractivity contribution >= 4 is 22.6 Å². The smallest absolute Gasteiger partial charge is 0.301 e. The van der Waals surface area contributed by atoms with Crippen LogP contribution < -0.4 is 10.3 Å². The first kappa shape index (κ1) is 21.4. The largest absolute Gasteiger partial charge is 0.494 e. The summed E-state index contributed by atoms with van der Waals surface area (Å²) in [4.78, 5) is 26.6. The first-order chi connectivity index (χ1) is 16.7. The third-order valence-corrected chi connectivity index (χ3v) is 5.41. The molecular weight excluding hydrogens is 434 g/mol. The number of benzene rings is 2. The summed E-state index contributed by atoms with van der Waals surface area (Å²) in [6, 6.07) is 14.7. The molecule has 5 aromatic rings. The predicted molar refractivity (Wildman–Crippen MR) is 127 cm³/mol. The molecule has 0 amide bonds. The molecule has 0 fully saturated rings. The highest BCUT2D eigenvalue weighted by molar-refractivity contribution is 5.88. The molecule has 0 saturated heterocycles. The number of nitrogens with one attached hydrogen (secondary N) is 1. The number of H-pyrrole nitrogens is 1. The van der Waals surface area contributed by atoms with E-state index in [-0.39, 0.29) is 23.9 Å². The lowest BCUT2D eigenvalue weighted by Crippen LogP contribution is -2.21. The Balaban J connectivity index is 1.80. The van der Waals surface area contributed by atoms with E-state index in [0.29, 0.717) is 40.4 Å². The zero-order valence-electron chi connectivity index (χ0n) is 18.7. The summed E-state index contributed by atoms with van der Waals surface area (Å²) in [6.45, 7) is 10.2.